The summed E-state index contributed by atoms with van der Waals surface area (Å²) in [7, 11) is 0. The van der Waals surface area contributed by atoms with E-state index in [2.05, 4.69) is 36.4 Å². The maximum Gasteiger partial charge on any atom is 0.184 e. The van der Waals surface area contributed by atoms with Crippen molar-refractivity contribution in [2.24, 2.45) is 0 Å². The molecule has 1 unspecified atom stereocenters. The molecule has 0 N–H and O–H groups in total. The average Bonchev–Trinajstić information content (AvgIpc) is 3.00. The Morgan fingerprint density at radius 3 is 1.63 bits per heavy atom. The van der Waals surface area contributed by atoms with Crippen LogP contribution >= 0.6 is 0 Å². The van der Waals surface area contributed by atoms with E-state index in [9.17, 15) is 0 Å². The SMILES string of the molecule is c1ccc(CO[C@H]2[C@@H]3OC(c4ccccc4)OC[C@H]3O[C@@H](c3ccccc3)[C@H]2OCc2ccccc2)cc1. The second-order valence-electron chi connectivity index (χ2n) is 9.70. The number of hydrogen-bond donors (Lipinski definition) is 0. The summed E-state index contributed by atoms with van der Waals surface area (Å²) in [5, 5.41) is 0. The normalized spacial score (nSPS) is 26.9. The topological polar surface area (TPSA) is 46.2 Å². The van der Waals surface area contributed by atoms with Gasteiger partial charge in [0, 0.05) is 5.56 Å². The van der Waals surface area contributed by atoms with Gasteiger partial charge in [0.05, 0.1) is 19.8 Å². The Balaban J connectivity index is 1.32. The fourth-order valence-corrected chi connectivity index (χ4v) is 5.18. The predicted molar refractivity (Wildman–Crippen MR) is 144 cm³/mol. The third-order valence-electron chi connectivity index (χ3n) is 7.10. The quantitative estimate of drug-likeness (QED) is 0.275. The van der Waals surface area contributed by atoms with Gasteiger partial charge in [0.15, 0.2) is 6.29 Å². The lowest BCUT2D eigenvalue weighted by Crippen LogP contribution is -2.60. The number of hydrogen-bond acceptors (Lipinski definition) is 5. The van der Waals surface area contributed by atoms with E-state index in [4.69, 9.17) is 23.7 Å². The van der Waals surface area contributed by atoms with Gasteiger partial charge in [0.25, 0.3) is 0 Å². The van der Waals surface area contributed by atoms with Gasteiger partial charge in [-0.2, -0.15) is 0 Å². The number of fused-ring (bicyclic) bond motifs is 1. The van der Waals surface area contributed by atoms with Crippen LogP contribution in [-0.2, 0) is 36.9 Å². The summed E-state index contributed by atoms with van der Waals surface area (Å²) in [4.78, 5) is 0. The lowest BCUT2D eigenvalue weighted by Gasteiger charge is -2.49. The number of rotatable bonds is 8. The largest absolute Gasteiger partial charge is 0.368 e. The summed E-state index contributed by atoms with van der Waals surface area (Å²) in [6.07, 6.45) is -2.25. The van der Waals surface area contributed by atoms with Gasteiger partial charge < -0.3 is 23.7 Å². The molecule has 4 aromatic carbocycles. The molecule has 2 fully saturated rings. The molecular formula is C33H32O5. The monoisotopic (exact) mass is 508 g/mol. The minimum Gasteiger partial charge on any atom is -0.368 e. The van der Waals surface area contributed by atoms with Crippen molar-refractivity contribution in [3.8, 4) is 0 Å². The van der Waals surface area contributed by atoms with Crippen molar-refractivity contribution in [3.05, 3.63) is 144 Å². The van der Waals surface area contributed by atoms with Gasteiger partial charge in [-0.15, -0.1) is 0 Å². The fourth-order valence-electron chi connectivity index (χ4n) is 5.18. The fraction of sp³-hybridized carbons (Fsp3) is 0.273. The lowest BCUT2D eigenvalue weighted by molar-refractivity contribution is -0.341. The Labute approximate surface area is 223 Å². The molecule has 5 heteroatoms. The van der Waals surface area contributed by atoms with Crippen LogP contribution in [0.2, 0.25) is 0 Å². The van der Waals surface area contributed by atoms with Gasteiger partial charge >= 0.3 is 0 Å². The van der Waals surface area contributed by atoms with Gasteiger partial charge in [-0.05, 0) is 16.7 Å². The predicted octanol–water partition coefficient (Wildman–Crippen LogP) is 6.41. The standard InChI is InChI=1S/C33H32O5/c1-5-13-24(14-6-1)21-34-31-29(26-17-9-3-10-18-26)37-28-23-36-33(27-19-11-4-12-20-27)38-30(28)32(31)35-22-25-15-7-2-8-16-25/h1-20,28-33H,21-23H2/t28-,29+,30-,31-,32+,33?/m1/s1. The Morgan fingerprint density at radius 1 is 0.553 bits per heavy atom. The lowest BCUT2D eigenvalue weighted by atomic mass is 9.90. The molecule has 2 aliphatic rings. The van der Waals surface area contributed by atoms with Crippen LogP contribution in [0.1, 0.15) is 34.6 Å². The molecular weight excluding hydrogens is 476 g/mol. The minimum atomic E-state index is -0.494. The molecule has 4 aromatic rings. The first-order chi connectivity index (χ1) is 18.8. The van der Waals surface area contributed by atoms with Crippen molar-refractivity contribution in [2.45, 2.75) is 50.0 Å². The van der Waals surface area contributed by atoms with Crippen molar-refractivity contribution in [3.63, 3.8) is 0 Å². The molecule has 2 aliphatic heterocycles. The molecule has 6 atom stereocenters. The summed E-state index contributed by atoms with van der Waals surface area (Å²) in [5.41, 5.74) is 4.21. The first kappa shape index (κ1) is 25.0. The average molecular weight is 509 g/mol. The molecule has 5 nitrogen and oxygen atoms in total. The molecule has 2 heterocycles. The highest BCUT2D eigenvalue weighted by atomic mass is 16.7. The Morgan fingerprint density at radius 2 is 1.05 bits per heavy atom. The molecule has 0 amide bonds. The van der Waals surface area contributed by atoms with E-state index in [1.54, 1.807) is 0 Å². The van der Waals surface area contributed by atoms with Gasteiger partial charge in [0.2, 0.25) is 0 Å². The smallest absolute Gasteiger partial charge is 0.184 e. The van der Waals surface area contributed by atoms with Crippen LogP contribution in [0.3, 0.4) is 0 Å². The minimum absolute atomic E-state index is 0.294. The molecule has 38 heavy (non-hydrogen) atoms. The van der Waals surface area contributed by atoms with Crippen molar-refractivity contribution in [1.29, 1.82) is 0 Å². The van der Waals surface area contributed by atoms with Gasteiger partial charge in [0.1, 0.15) is 30.5 Å². The molecule has 194 valence electrons. The zero-order valence-electron chi connectivity index (χ0n) is 21.2. The molecule has 0 saturated carbocycles. The number of benzene rings is 4. The Bertz CT molecular complexity index is 1250. The maximum absolute atomic E-state index is 6.69. The van der Waals surface area contributed by atoms with Crippen LogP contribution in [0.15, 0.2) is 121 Å². The van der Waals surface area contributed by atoms with Gasteiger partial charge in [-0.3, -0.25) is 0 Å². The third kappa shape index (κ3) is 5.73. The van der Waals surface area contributed by atoms with E-state index in [0.29, 0.717) is 19.8 Å². The Hall–Kier alpha value is -3.32. The molecule has 2 saturated heterocycles. The number of ether oxygens (including phenoxy) is 5. The third-order valence-corrected chi connectivity index (χ3v) is 7.10. The summed E-state index contributed by atoms with van der Waals surface area (Å²) >= 11 is 0. The van der Waals surface area contributed by atoms with E-state index in [1.807, 2.05) is 84.9 Å². The van der Waals surface area contributed by atoms with E-state index >= 15 is 0 Å². The zero-order chi connectivity index (χ0) is 25.6. The van der Waals surface area contributed by atoms with Gasteiger partial charge in [-0.25, -0.2) is 0 Å². The summed E-state index contributed by atoms with van der Waals surface area (Å²) < 4.78 is 32.8. The van der Waals surface area contributed by atoms with Crippen molar-refractivity contribution in [1.82, 2.24) is 0 Å². The van der Waals surface area contributed by atoms with Gasteiger partial charge in [-0.1, -0.05) is 121 Å². The van der Waals surface area contributed by atoms with Crippen LogP contribution in [-0.4, -0.2) is 31.0 Å². The summed E-state index contributed by atoms with van der Waals surface area (Å²) in [5.74, 6) is 0. The molecule has 0 aliphatic carbocycles. The molecule has 0 bridgehead atoms. The van der Waals surface area contributed by atoms with Crippen LogP contribution in [0.25, 0.3) is 0 Å². The summed E-state index contributed by atoms with van der Waals surface area (Å²) in [6, 6.07) is 40.6. The zero-order valence-corrected chi connectivity index (χ0v) is 21.2. The van der Waals surface area contributed by atoms with E-state index < -0.39 is 12.4 Å². The second-order valence-corrected chi connectivity index (χ2v) is 9.70. The van der Waals surface area contributed by atoms with Crippen molar-refractivity contribution in [2.75, 3.05) is 6.61 Å². The van der Waals surface area contributed by atoms with E-state index in [0.717, 1.165) is 22.3 Å². The van der Waals surface area contributed by atoms with Crippen molar-refractivity contribution >= 4 is 0 Å². The van der Waals surface area contributed by atoms with Crippen LogP contribution < -0.4 is 0 Å². The first-order valence-electron chi connectivity index (χ1n) is 13.2. The van der Waals surface area contributed by atoms with E-state index in [1.165, 1.54) is 0 Å². The maximum atomic E-state index is 6.69. The first-order valence-corrected chi connectivity index (χ1v) is 13.2. The molecule has 0 spiro atoms. The molecule has 6 rings (SSSR count). The highest BCUT2D eigenvalue weighted by Crippen LogP contribution is 2.42. The summed E-state index contributed by atoms with van der Waals surface area (Å²) in [6.45, 7) is 1.30. The Kier molecular flexibility index (Phi) is 7.91. The van der Waals surface area contributed by atoms with Crippen LogP contribution in [0.5, 0.6) is 0 Å². The van der Waals surface area contributed by atoms with Crippen molar-refractivity contribution < 1.29 is 23.7 Å². The molecule has 0 aromatic heterocycles. The van der Waals surface area contributed by atoms with Crippen LogP contribution in [0.4, 0.5) is 0 Å². The second kappa shape index (κ2) is 12.0. The highest BCUT2D eigenvalue weighted by molar-refractivity contribution is 5.22. The highest BCUT2D eigenvalue weighted by Gasteiger charge is 2.51. The molecule has 0 radical (unpaired) electrons. The van der Waals surface area contributed by atoms with Crippen LogP contribution in [0, 0.1) is 0 Å². The van der Waals surface area contributed by atoms with E-state index in [-0.39, 0.29) is 24.4 Å².